The number of halogens is 10. The molecule has 1 radical (unpaired) electrons. The predicted octanol–water partition coefficient (Wildman–Crippen LogP) is 6.00. The lowest BCUT2D eigenvalue weighted by Crippen LogP contribution is -2.56. The second-order valence-corrected chi connectivity index (χ2v) is 9.78. The molecule has 0 fully saturated rings. The first kappa shape index (κ1) is 23.3. The number of allylic oxidation sites excluding steroid dienone is 3. The van der Waals surface area contributed by atoms with Crippen LogP contribution in [-0.2, 0) is 14.2 Å². The van der Waals surface area contributed by atoms with Crippen molar-refractivity contribution in [1.82, 2.24) is 0 Å². The molecular formula is C15H7Br2F8O2S. The third-order valence-corrected chi connectivity index (χ3v) is 6.77. The number of benzene rings is 1. The van der Waals surface area contributed by atoms with Gasteiger partial charge in [-0.3, -0.25) is 0 Å². The molecule has 0 aliphatic heterocycles. The Morgan fingerprint density at radius 1 is 0.964 bits per heavy atom. The zero-order valence-corrected chi connectivity index (χ0v) is 17.0. The topological polar surface area (TPSA) is 34.1 Å². The third-order valence-electron chi connectivity index (χ3n) is 3.64. The second kappa shape index (κ2) is 7.08. The van der Waals surface area contributed by atoms with E-state index in [2.05, 4.69) is 31.9 Å². The zero-order chi connectivity index (χ0) is 21.8. The van der Waals surface area contributed by atoms with Crippen molar-refractivity contribution in [2.75, 3.05) is 0 Å². The first-order chi connectivity index (χ1) is 12.5. The van der Waals surface area contributed by atoms with E-state index in [0.717, 1.165) is 18.6 Å². The van der Waals surface area contributed by atoms with Crippen molar-refractivity contribution in [3.63, 3.8) is 0 Å². The van der Waals surface area contributed by atoms with Gasteiger partial charge in [0.1, 0.15) is 5.82 Å². The lowest BCUT2D eigenvalue weighted by Gasteiger charge is -2.32. The van der Waals surface area contributed by atoms with Gasteiger partial charge in [0.2, 0.25) is 9.84 Å². The Morgan fingerprint density at radius 3 is 2.00 bits per heavy atom. The van der Waals surface area contributed by atoms with Crippen LogP contribution >= 0.6 is 31.9 Å². The number of hydrogen-bond acceptors (Lipinski definition) is 2. The van der Waals surface area contributed by atoms with Crippen molar-refractivity contribution in [3.8, 4) is 0 Å². The highest BCUT2D eigenvalue weighted by Gasteiger charge is 2.79. The van der Waals surface area contributed by atoms with Gasteiger partial charge in [-0.15, -0.1) is 0 Å². The van der Waals surface area contributed by atoms with Crippen molar-refractivity contribution in [1.29, 1.82) is 0 Å². The van der Waals surface area contributed by atoms with Crippen LogP contribution < -0.4 is 0 Å². The molecule has 0 saturated heterocycles. The molecule has 2 nitrogen and oxygen atoms in total. The lowest BCUT2D eigenvalue weighted by molar-refractivity contribution is -0.331. The average Bonchev–Trinajstić information content (AvgIpc) is 2.52. The molecule has 0 spiro atoms. The molecular weight excluding hydrogens is 556 g/mol. The summed E-state index contributed by atoms with van der Waals surface area (Å²) in [5.74, 6) is -7.79. The van der Waals surface area contributed by atoms with E-state index in [1.54, 1.807) is 0 Å². The van der Waals surface area contributed by atoms with Gasteiger partial charge in [0.15, 0.2) is 0 Å². The first-order valence-corrected chi connectivity index (χ1v) is 10.0. The summed E-state index contributed by atoms with van der Waals surface area (Å²) in [6, 6.07) is 4.67. The molecule has 1 aromatic carbocycles. The van der Waals surface area contributed by atoms with Crippen molar-refractivity contribution in [2.45, 2.75) is 21.7 Å². The Morgan fingerprint density at radius 2 is 1.50 bits per heavy atom. The van der Waals surface area contributed by atoms with Crippen LogP contribution in [0.5, 0.6) is 0 Å². The molecule has 1 aliphatic carbocycles. The van der Waals surface area contributed by atoms with Crippen LogP contribution in [0, 0.1) is 12.2 Å². The molecule has 1 aromatic rings. The van der Waals surface area contributed by atoms with E-state index in [9.17, 15) is 43.5 Å². The molecule has 0 N–H and O–H groups in total. The van der Waals surface area contributed by atoms with Gasteiger partial charge in [-0.1, -0.05) is 50.1 Å². The fourth-order valence-electron chi connectivity index (χ4n) is 2.23. The molecule has 28 heavy (non-hydrogen) atoms. The van der Waals surface area contributed by atoms with Crippen LogP contribution in [-0.4, -0.2) is 25.8 Å². The standard InChI is InChI=1S/C15H7Br2F8O2S/c16-8-5-9(7-12(17,6-8)10-3-1-2-4-11(10)18)28(26,27)15(24,25)13(19,20)14(21,22)23/h1-7H. The molecule has 0 amide bonds. The highest BCUT2D eigenvalue weighted by molar-refractivity contribution is 9.12. The summed E-state index contributed by atoms with van der Waals surface area (Å²) in [6.45, 7) is 0. The van der Waals surface area contributed by atoms with E-state index in [0.29, 0.717) is 12.2 Å². The van der Waals surface area contributed by atoms with Gasteiger partial charge in [0, 0.05) is 16.5 Å². The van der Waals surface area contributed by atoms with Crippen molar-refractivity contribution in [2.24, 2.45) is 0 Å². The quantitative estimate of drug-likeness (QED) is 0.333. The maximum atomic E-state index is 14.1. The number of rotatable bonds is 4. The molecule has 0 aromatic heterocycles. The summed E-state index contributed by atoms with van der Waals surface area (Å²) in [6.07, 6.45) is -4.91. The third kappa shape index (κ3) is 3.64. The minimum absolute atomic E-state index is 0.278. The van der Waals surface area contributed by atoms with E-state index >= 15 is 0 Å². The minimum Gasteiger partial charge on any atom is -0.217 e. The van der Waals surface area contributed by atoms with Gasteiger partial charge in [-0.2, -0.15) is 30.7 Å². The Bertz CT molecular complexity index is 953. The summed E-state index contributed by atoms with van der Waals surface area (Å²) in [4.78, 5) is -1.56. The van der Waals surface area contributed by atoms with Crippen LogP contribution in [0.25, 0.3) is 0 Å². The largest absolute Gasteiger partial charge is 0.461 e. The van der Waals surface area contributed by atoms with E-state index in [-0.39, 0.29) is 10.0 Å². The molecule has 1 atom stereocenters. The Labute approximate surface area is 170 Å². The highest BCUT2D eigenvalue weighted by atomic mass is 79.9. The van der Waals surface area contributed by atoms with E-state index in [1.165, 1.54) is 12.1 Å². The van der Waals surface area contributed by atoms with Crippen LogP contribution in [0.1, 0.15) is 5.56 Å². The highest BCUT2D eigenvalue weighted by Crippen LogP contribution is 2.53. The van der Waals surface area contributed by atoms with Crippen molar-refractivity contribution in [3.05, 3.63) is 63.6 Å². The molecule has 13 heteroatoms. The van der Waals surface area contributed by atoms with Crippen molar-refractivity contribution < 1.29 is 43.5 Å². The van der Waals surface area contributed by atoms with E-state index in [4.69, 9.17) is 0 Å². The fourth-order valence-corrected chi connectivity index (χ4v) is 5.64. The monoisotopic (exact) mass is 561 g/mol. The fraction of sp³-hybridized carbons (Fsp3) is 0.267. The van der Waals surface area contributed by atoms with Gasteiger partial charge in [0.25, 0.3) is 0 Å². The molecule has 0 saturated carbocycles. The molecule has 0 heterocycles. The van der Waals surface area contributed by atoms with Gasteiger partial charge in [-0.05, 0) is 18.2 Å². The first-order valence-electron chi connectivity index (χ1n) is 6.94. The normalized spacial score (nSPS) is 21.9. The van der Waals surface area contributed by atoms with Gasteiger partial charge in [0.05, 0.1) is 9.23 Å². The SMILES string of the molecule is O=S(=O)(C1=CC(Br)(c2ccccc2F)[CH]C(Br)=C1)C(F)(F)C(F)(F)C(F)(F)F. The summed E-state index contributed by atoms with van der Waals surface area (Å²) in [5, 5.41) is -6.52. The van der Waals surface area contributed by atoms with Crippen molar-refractivity contribution >= 4 is 41.7 Å². The summed E-state index contributed by atoms with van der Waals surface area (Å²) in [7, 11) is -6.55. The summed E-state index contributed by atoms with van der Waals surface area (Å²) in [5.41, 5.74) is -0.293. The Balaban J connectivity index is 2.68. The summed E-state index contributed by atoms with van der Waals surface area (Å²) < 4.78 is 127. The van der Waals surface area contributed by atoms with Gasteiger partial charge >= 0.3 is 17.4 Å². The predicted molar refractivity (Wildman–Crippen MR) is 91.3 cm³/mol. The zero-order valence-electron chi connectivity index (χ0n) is 13.0. The summed E-state index contributed by atoms with van der Waals surface area (Å²) >= 11 is 5.69. The van der Waals surface area contributed by atoms with Crippen LogP contribution in [0.4, 0.5) is 35.1 Å². The molecule has 2 rings (SSSR count). The number of hydrogen-bond donors (Lipinski definition) is 0. The minimum atomic E-state index is -6.87. The maximum Gasteiger partial charge on any atom is 0.461 e. The van der Waals surface area contributed by atoms with Gasteiger partial charge < -0.3 is 0 Å². The second-order valence-electron chi connectivity index (χ2n) is 5.56. The van der Waals surface area contributed by atoms with Crippen LogP contribution in [0.2, 0.25) is 0 Å². The molecule has 1 unspecified atom stereocenters. The molecule has 0 bridgehead atoms. The Kier molecular flexibility index (Phi) is 5.90. The molecule has 155 valence electrons. The number of sulfone groups is 1. The average molecular weight is 563 g/mol. The van der Waals surface area contributed by atoms with Crippen LogP contribution in [0.15, 0.2) is 45.8 Å². The lowest BCUT2D eigenvalue weighted by atomic mass is 9.92. The van der Waals surface area contributed by atoms with Gasteiger partial charge in [-0.25, -0.2) is 12.8 Å². The van der Waals surface area contributed by atoms with E-state index < -0.39 is 42.2 Å². The number of alkyl halides is 8. The van der Waals surface area contributed by atoms with E-state index in [1.807, 2.05) is 0 Å². The van der Waals surface area contributed by atoms with Crippen LogP contribution in [0.3, 0.4) is 0 Å². The molecule has 1 aliphatic rings. The Hall–Kier alpha value is -0.950. The maximum absolute atomic E-state index is 14.1. The smallest absolute Gasteiger partial charge is 0.217 e.